The number of carbonyl (C=O) groups excluding carboxylic acids is 3. The van der Waals surface area contributed by atoms with Crippen LogP contribution in [0.2, 0.25) is 0 Å². The van der Waals surface area contributed by atoms with Crippen molar-refractivity contribution in [3.63, 3.8) is 0 Å². The number of carbonyl (C=O) groups is 3. The zero-order valence-corrected chi connectivity index (χ0v) is 66.9. The van der Waals surface area contributed by atoms with E-state index in [1.54, 1.807) is 0 Å². The predicted octanol–water partition coefficient (Wildman–Crippen LogP) is 4.02. The summed E-state index contributed by atoms with van der Waals surface area (Å²) in [7, 11) is -1.03. The summed E-state index contributed by atoms with van der Waals surface area (Å²) in [6.07, 6.45) is -31.8. The molecule has 0 unspecified atom stereocenters. The predicted molar refractivity (Wildman–Crippen MR) is 415 cm³/mol. The summed E-state index contributed by atoms with van der Waals surface area (Å²) >= 11 is 0. The lowest BCUT2D eigenvalue weighted by Crippen LogP contribution is -2.63. The van der Waals surface area contributed by atoms with Gasteiger partial charge in [0.25, 0.3) is 0 Å². The average molecular weight is 1790 g/mol. The van der Waals surface area contributed by atoms with Gasteiger partial charge in [-0.05, 0) is 144 Å². The Hall–Kier alpha value is -9.99. The zero-order valence-electron chi connectivity index (χ0n) is 87.9. The molecule has 126 heavy (non-hydrogen) atoms. The highest BCUT2D eigenvalue weighted by molar-refractivity contribution is 5.81. The third kappa shape index (κ3) is 14.8. The van der Waals surface area contributed by atoms with Crippen LogP contribution in [0.25, 0.3) is 0 Å². The second kappa shape index (κ2) is 34.2. The largest absolute Gasteiger partial charge is 0.502 e. The molecule has 12 aliphatic heterocycles. The van der Waals surface area contributed by atoms with Crippen LogP contribution in [0.5, 0.6) is 86.2 Å². The molecule has 12 heterocycles. The monoisotopic (exact) mass is 1790 g/mol. The molecule has 0 radical (unpaired) electrons. The molecule has 15 aliphatic rings. The normalized spacial score (nSPS) is 42.5. The molecule has 3 aliphatic carbocycles. The van der Waals surface area contributed by atoms with Crippen molar-refractivity contribution in [3.8, 4) is 86.2 Å². The maximum absolute atomic E-state index is 13.6. The molecule has 39 nitrogen and oxygen atoms in total. The Morgan fingerprint density at radius 3 is 1.02 bits per heavy atom. The van der Waals surface area contributed by atoms with Crippen molar-refractivity contribution in [1.82, 2.24) is 0 Å². The van der Waals surface area contributed by atoms with E-state index in [0.717, 1.165) is 12.1 Å². The van der Waals surface area contributed by atoms with Gasteiger partial charge in [-0.1, -0.05) is 0 Å². The first-order valence-corrected chi connectivity index (χ1v) is 39.5. The van der Waals surface area contributed by atoms with Crippen molar-refractivity contribution in [2.45, 2.75) is 168 Å². The van der Waals surface area contributed by atoms with E-state index >= 15 is 0 Å². The van der Waals surface area contributed by atoms with Crippen LogP contribution < -0.4 is 56.8 Å². The molecule has 0 bridgehead atoms. The molecule has 0 aromatic heterocycles. The fourth-order valence-corrected chi connectivity index (χ4v) is 18.6. The van der Waals surface area contributed by atoms with Crippen LogP contribution >= 0.6 is 0 Å². The number of ether oxygens (including phenoxy) is 27. The third-order valence-electron chi connectivity index (χ3n) is 24.4. The number of aliphatic hydroxyl groups is 6. The number of benzene rings is 6. The fourth-order valence-electron chi connectivity index (χ4n) is 18.6. The minimum absolute atomic E-state index is 0.00207. The Bertz CT molecular complexity index is 6060. The highest BCUT2D eigenvalue weighted by atomic mass is 16.8. The summed E-state index contributed by atoms with van der Waals surface area (Å²) in [4.78, 5) is 40.8. The molecule has 6 aromatic rings. The molecular weight excluding hydrogens is 1670 g/mol. The molecule has 6 aromatic carbocycles. The summed E-state index contributed by atoms with van der Waals surface area (Å²) in [5.74, 6) is -17.7. The first-order valence-electron chi connectivity index (χ1n) is 50.0. The number of cyclic esters (lactones) is 3. The van der Waals surface area contributed by atoms with E-state index in [4.69, 9.17) is 155 Å². The number of hydrogen-bond donors (Lipinski definition) is 9. The topological polar surface area (TPSA) is 482 Å². The SMILES string of the molecule is [2H]C([2H])([2H])Oc1cc([C@@H]2c3cc4c(cc3[C@@H](O[C@@H]3O[C@H]5[C@@H](O[C@H](C)OC5([2H])[2H])[C@H](O)[C@H]3O)[C@H]3COC(=O)[C@H]23)OC([2H])([2H])O4)cc(OC([2H])([2H])[2H])c1O.[2H]C1([2H])Oc2cc3c(cc2O1)[C@@H](O[C@@H]1O[C@H]2[C@@H](O[C@H](C)OC2([2H])[2H])[C@H](O)[C@H]1O)[C@@H]1[C@H](C(=O)OC1([2H])[2H])[C@@H]3c1cc(OC)c(O)c(OC)c1.[2H]C1([2H])Oc2cc3c(cc2O1)[C@@]([2H])(c1cc(OC)c(O)c(OC)c1)[C@H]1C(=O)OC[C@@H]1[C@@H]3O[C@@H]1O[C@H]2[C@@H](O[C@H](C)OC2([2H])[2H])[C@H](O)[C@H]1O. The lowest BCUT2D eigenvalue weighted by Gasteiger charge is -2.47. The summed E-state index contributed by atoms with van der Waals surface area (Å²) in [5.41, 5.74) is 1.50. The van der Waals surface area contributed by atoms with Crippen molar-refractivity contribution in [3.05, 3.63) is 123 Å². The minimum Gasteiger partial charge on any atom is -0.502 e. The van der Waals surface area contributed by atoms with Crippen molar-refractivity contribution < 1.29 is 217 Å². The van der Waals surface area contributed by atoms with Gasteiger partial charge in [-0.25, -0.2) is 0 Å². The number of fused-ring (bicyclic) bond motifs is 12. The molecule has 678 valence electrons. The van der Waals surface area contributed by atoms with Crippen LogP contribution in [0.15, 0.2) is 72.8 Å². The van der Waals surface area contributed by atoms with E-state index in [1.807, 2.05) is 0 Å². The zero-order chi connectivity index (χ0) is 106. The van der Waals surface area contributed by atoms with Gasteiger partial charge in [0.2, 0.25) is 37.5 Å². The van der Waals surface area contributed by atoms with E-state index in [9.17, 15) is 61.7 Å². The minimum atomic E-state index is -3.13. The van der Waals surface area contributed by atoms with Crippen molar-refractivity contribution in [2.24, 2.45) is 35.5 Å². The summed E-state index contributed by atoms with van der Waals surface area (Å²) in [6.45, 7) is -14.2. The number of methoxy groups -OCH3 is 6. The Kier molecular flexibility index (Phi) is 17.3. The fraction of sp³-hybridized carbons (Fsp3) is 0.552. The van der Waals surface area contributed by atoms with Crippen LogP contribution in [0.1, 0.15) is 136 Å². The summed E-state index contributed by atoms with van der Waals surface area (Å²) in [6, 6.07) is 15.9. The van der Waals surface area contributed by atoms with E-state index in [2.05, 4.69) is 0 Å². The van der Waals surface area contributed by atoms with Gasteiger partial charge in [0.15, 0.2) is 107 Å². The molecule has 0 saturated carbocycles. The molecule has 39 heteroatoms. The number of aromatic hydroxyl groups is 3. The van der Waals surface area contributed by atoms with Crippen LogP contribution in [0, 0.1) is 35.5 Å². The number of esters is 3. The van der Waals surface area contributed by atoms with E-state index < -0.39 is 278 Å². The smallest absolute Gasteiger partial charge is 0.310 e. The van der Waals surface area contributed by atoms with Crippen LogP contribution in [-0.2, 0) is 85.4 Å². The second-order valence-electron chi connectivity index (χ2n) is 31.3. The van der Waals surface area contributed by atoms with E-state index in [-0.39, 0.29) is 127 Å². The van der Waals surface area contributed by atoms with Gasteiger partial charge in [-0.3, -0.25) is 14.4 Å². The third-order valence-corrected chi connectivity index (χ3v) is 24.4. The quantitative estimate of drug-likeness (QED) is 0.0518. The number of rotatable bonds is 15. The summed E-state index contributed by atoms with van der Waals surface area (Å²) < 4.78 is 320. The van der Waals surface area contributed by atoms with Gasteiger partial charge in [0.1, 0.15) is 81.5 Å². The van der Waals surface area contributed by atoms with Gasteiger partial charge >= 0.3 is 17.9 Å². The average Bonchev–Trinajstić information content (AvgIpc) is 1.63. The first-order chi connectivity index (χ1) is 68.6. The van der Waals surface area contributed by atoms with E-state index in [0.29, 0.717) is 5.56 Å². The van der Waals surface area contributed by atoms with Crippen LogP contribution in [0.3, 0.4) is 0 Å². The molecule has 0 spiro atoms. The summed E-state index contributed by atoms with van der Waals surface area (Å²) in [5, 5.41) is 98.5. The molecule has 30 atom stereocenters. The maximum Gasteiger partial charge on any atom is 0.310 e. The van der Waals surface area contributed by atoms with Gasteiger partial charge < -0.3 is 174 Å². The van der Waals surface area contributed by atoms with Crippen molar-refractivity contribution in [1.29, 1.82) is 0 Å². The lowest BCUT2D eigenvalue weighted by molar-refractivity contribution is -0.364. The molecule has 9 saturated heterocycles. The Labute approximate surface area is 747 Å². The second-order valence-corrected chi connectivity index (χ2v) is 31.3. The van der Waals surface area contributed by atoms with Crippen LogP contribution in [0.4, 0.5) is 0 Å². The molecule has 21 rings (SSSR count). The van der Waals surface area contributed by atoms with Gasteiger partial charge in [0.05, 0.1) is 137 Å². The highest BCUT2D eigenvalue weighted by Gasteiger charge is 2.61. The molecule has 0 amide bonds. The Balaban J connectivity index is 0.000000139. The van der Waals surface area contributed by atoms with E-state index in [1.165, 1.54) is 110 Å². The lowest BCUT2D eigenvalue weighted by atomic mass is 9.66. The number of phenolic OH excluding ortho intramolecular Hbond substituents is 3. The van der Waals surface area contributed by atoms with Gasteiger partial charge in [-0.2, -0.15) is 0 Å². The Morgan fingerprint density at radius 2 is 0.651 bits per heavy atom. The number of aliphatic hydroxyl groups excluding tert-OH is 6. The maximum atomic E-state index is 13.6. The van der Waals surface area contributed by atoms with Gasteiger partial charge in [0, 0.05) is 36.9 Å². The molecule has 9 fully saturated rings. The highest BCUT2D eigenvalue weighted by Crippen LogP contribution is 2.62. The number of phenols is 3. The van der Waals surface area contributed by atoms with Crippen molar-refractivity contribution >= 4 is 17.9 Å². The Morgan fingerprint density at radius 1 is 0.349 bits per heavy atom. The van der Waals surface area contributed by atoms with Gasteiger partial charge in [-0.15, -0.1) is 0 Å². The molecule has 9 N–H and O–H groups in total. The van der Waals surface area contributed by atoms with Crippen molar-refractivity contribution in [2.75, 3.05) is 102 Å². The molecular formula is C87H96O39. The standard InChI is InChI=1S/3C29H32O13/c3*1-11-36-9-20-27(40-11)24(31)25(32)29(41-20)42-26-14-7-17-16(38-10-39-17)6-13(14)21(22-15(26)8-37-28(22)33)12-4-18(34-2)23(30)19(5-12)35-3/h3*4-7,11,15,20-22,24-27,29-32H,8-10H2,1-3H3/t3*11-,15+,20-,21-,22+,24-,25-,26-,27-,29+/m111/s1/i2D3,3D3,9D2,10D2;9D2,10D2,21D;8D2,9D2,10D2. The number of hydrogen-bond acceptors (Lipinski definition) is 39. The van der Waals surface area contributed by atoms with Crippen LogP contribution in [-0.4, -0.2) is 277 Å². The first kappa shape index (κ1) is 63.9.